The first-order valence-corrected chi connectivity index (χ1v) is 4.36. The van der Waals surface area contributed by atoms with Crippen molar-refractivity contribution in [2.45, 2.75) is 0 Å². The zero-order valence-electron chi connectivity index (χ0n) is 7.96. The molecule has 0 heterocycles. The number of rotatable bonds is 4. The average molecular weight is 202 g/mol. The minimum Gasteiger partial charge on any atom is -0.478 e. The molecule has 0 fully saturated rings. The fraction of sp³-hybridized carbons (Fsp3) is 0. The van der Waals surface area contributed by atoms with E-state index in [2.05, 4.69) is 0 Å². The molecular formula is C12H10O3. The summed E-state index contributed by atoms with van der Waals surface area (Å²) >= 11 is 0. The Kier molecular flexibility index (Phi) is 4.04. The van der Waals surface area contributed by atoms with Gasteiger partial charge in [0.05, 0.1) is 5.57 Å². The fourth-order valence-corrected chi connectivity index (χ4v) is 1.02. The van der Waals surface area contributed by atoms with Gasteiger partial charge in [0.15, 0.2) is 0 Å². The SMILES string of the molecule is O=CC=C(C=Cc1ccccc1)C(=O)O. The smallest absolute Gasteiger partial charge is 0.335 e. The van der Waals surface area contributed by atoms with Crippen molar-refractivity contribution in [3.8, 4) is 0 Å². The van der Waals surface area contributed by atoms with Crippen molar-refractivity contribution in [2.75, 3.05) is 0 Å². The van der Waals surface area contributed by atoms with Crippen LogP contribution in [0.25, 0.3) is 6.08 Å². The molecule has 0 saturated heterocycles. The maximum atomic E-state index is 10.6. The lowest BCUT2D eigenvalue weighted by Crippen LogP contribution is -1.97. The summed E-state index contributed by atoms with van der Waals surface area (Å²) < 4.78 is 0. The largest absolute Gasteiger partial charge is 0.478 e. The van der Waals surface area contributed by atoms with E-state index in [0.29, 0.717) is 6.29 Å². The molecule has 15 heavy (non-hydrogen) atoms. The molecular weight excluding hydrogens is 192 g/mol. The highest BCUT2D eigenvalue weighted by Crippen LogP contribution is 2.04. The first-order valence-electron chi connectivity index (χ1n) is 4.36. The third-order valence-corrected chi connectivity index (χ3v) is 1.75. The molecule has 0 atom stereocenters. The molecule has 1 aromatic rings. The molecule has 0 unspecified atom stereocenters. The van der Waals surface area contributed by atoms with E-state index >= 15 is 0 Å². The Balaban J connectivity index is 2.84. The molecule has 0 aliphatic heterocycles. The Morgan fingerprint density at radius 3 is 2.40 bits per heavy atom. The van der Waals surface area contributed by atoms with Crippen LogP contribution in [0.1, 0.15) is 5.56 Å². The molecule has 3 nitrogen and oxygen atoms in total. The summed E-state index contributed by atoms with van der Waals surface area (Å²) in [6, 6.07) is 9.26. The van der Waals surface area contributed by atoms with Gasteiger partial charge in [0.2, 0.25) is 0 Å². The van der Waals surface area contributed by atoms with Crippen molar-refractivity contribution in [3.63, 3.8) is 0 Å². The van der Waals surface area contributed by atoms with Gasteiger partial charge in [0, 0.05) is 0 Å². The van der Waals surface area contributed by atoms with Gasteiger partial charge >= 0.3 is 5.97 Å². The van der Waals surface area contributed by atoms with Crippen molar-refractivity contribution in [3.05, 3.63) is 53.6 Å². The third-order valence-electron chi connectivity index (χ3n) is 1.75. The molecule has 0 spiro atoms. The van der Waals surface area contributed by atoms with Crippen molar-refractivity contribution in [1.29, 1.82) is 0 Å². The van der Waals surface area contributed by atoms with Crippen LogP contribution in [0.15, 0.2) is 48.1 Å². The fourth-order valence-electron chi connectivity index (χ4n) is 1.02. The zero-order chi connectivity index (χ0) is 11.1. The lowest BCUT2D eigenvalue weighted by atomic mass is 10.1. The average Bonchev–Trinajstić information content (AvgIpc) is 2.25. The van der Waals surface area contributed by atoms with Gasteiger partial charge in [-0.05, 0) is 17.7 Å². The highest BCUT2D eigenvalue weighted by Gasteiger charge is 2.00. The number of carboxylic acids is 1. The molecule has 0 bridgehead atoms. The summed E-state index contributed by atoms with van der Waals surface area (Å²) in [5.41, 5.74) is 0.851. The molecule has 1 N–H and O–H groups in total. The van der Waals surface area contributed by atoms with E-state index in [1.807, 2.05) is 30.3 Å². The Labute approximate surface area is 87.4 Å². The number of carboxylic acid groups (broad SMARTS) is 1. The molecule has 0 radical (unpaired) electrons. The van der Waals surface area contributed by atoms with Gasteiger partial charge in [-0.1, -0.05) is 36.4 Å². The molecule has 0 aromatic heterocycles. The lowest BCUT2D eigenvalue weighted by Gasteiger charge is -1.93. The highest BCUT2D eigenvalue weighted by atomic mass is 16.4. The van der Waals surface area contributed by atoms with Gasteiger partial charge in [-0.25, -0.2) is 4.79 Å². The van der Waals surface area contributed by atoms with Crippen molar-refractivity contribution in [2.24, 2.45) is 0 Å². The second kappa shape index (κ2) is 5.54. The van der Waals surface area contributed by atoms with Gasteiger partial charge in [-0.15, -0.1) is 0 Å². The van der Waals surface area contributed by atoms with Gasteiger partial charge in [-0.2, -0.15) is 0 Å². The Hall–Kier alpha value is -2.16. The van der Waals surface area contributed by atoms with Gasteiger partial charge in [-0.3, -0.25) is 4.79 Å². The molecule has 0 aliphatic rings. The Bertz CT molecular complexity index is 402. The zero-order valence-corrected chi connectivity index (χ0v) is 7.96. The molecule has 0 amide bonds. The number of aliphatic carboxylic acids is 1. The molecule has 76 valence electrons. The monoisotopic (exact) mass is 202 g/mol. The van der Waals surface area contributed by atoms with Gasteiger partial charge in [0.25, 0.3) is 0 Å². The summed E-state index contributed by atoms with van der Waals surface area (Å²) in [7, 11) is 0. The van der Waals surface area contributed by atoms with E-state index in [1.165, 1.54) is 6.08 Å². The highest BCUT2D eigenvalue weighted by molar-refractivity contribution is 5.95. The maximum Gasteiger partial charge on any atom is 0.335 e. The lowest BCUT2D eigenvalue weighted by molar-refractivity contribution is -0.132. The van der Waals surface area contributed by atoms with E-state index < -0.39 is 5.97 Å². The number of hydrogen-bond donors (Lipinski definition) is 1. The second-order valence-corrected chi connectivity index (χ2v) is 2.81. The van der Waals surface area contributed by atoms with Crippen LogP contribution in [0.2, 0.25) is 0 Å². The summed E-state index contributed by atoms with van der Waals surface area (Å²) in [5, 5.41) is 8.70. The van der Waals surface area contributed by atoms with E-state index in [9.17, 15) is 9.59 Å². The van der Waals surface area contributed by atoms with Crippen molar-refractivity contribution in [1.82, 2.24) is 0 Å². The Morgan fingerprint density at radius 1 is 1.20 bits per heavy atom. The predicted molar refractivity (Wildman–Crippen MR) is 57.3 cm³/mol. The number of carbonyl (C=O) groups excluding carboxylic acids is 1. The van der Waals surface area contributed by atoms with E-state index in [-0.39, 0.29) is 5.57 Å². The number of hydrogen-bond acceptors (Lipinski definition) is 2. The maximum absolute atomic E-state index is 10.6. The predicted octanol–water partition coefficient (Wildman–Crippen LogP) is 1.91. The first kappa shape index (κ1) is 10.9. The van der Waals surface area contributed by atoms with Crippen LogP contribution < -0.4 is 0 Å². The third kappa shape index (κ3) is 3.60. The van der Waals surface area contributed by atoms with Crippen molar-refractivity contribution < 1.29 is 14.7 Å². The van der Waals surface area contributed by atoms with Crippen LogP contribution in [0.3, 0.4) is 0 Å². The van der Waals surface area contributed by atoms with Crippen molar-refractivity contribution >= 4 is 18.3 Å². The van der Waals surface area contributed by atoms with E-state index in [0.717, 1.165) is 11.6 Å². The normalized spacial score (nSPS) is 11.6. The summed E-state index contributed by atoms with van der Waals surface area (Å²) in [6.07, 6.45) is 4.51. The molecule has 1 rings (SSSR count). The summed E-state index contributed by atoms with van der Waals surface area (Å²) in [4.78, 5) is 20.8. The van der Waals surface area contributed by atoms with Crippen LogP contribution in [-0.4, -0.2) is 17.4 Å². The summed E-state index contributed by atoms with van der Waals surface area (Å²) in [6.45, 7) is 0. The minimum atomic E-state index is -1.12. The standard InChI is InChI=1S/C12H10O3/c13-9-8-11(12(14)15)7-6-10-4-2-1-3-5-10/h1-9H,(H,14,15). The molecule has 1 aromatic carbocycles. The van der Waals surface area contributed by atoms with Crippen LogP contribution in [-0.2, 0) is 9.59 Å². The Morgan fingerprint density at radius 2 is 1.87 bits per heavy atom. The number of carbonyl (C=O) groups is 2. The van der Waals surface area contributed by atoms with Gasteiger partial charge < -0.3 is 5.11 Å². The van der Waals surface area contributed by atoms with E-state index in [4.69, 9.17) is 5.11 Å². The van der Waals surface area contributed by atoms with Crippen LogP contribution >= 0.6 is 0 Å². The molecule has 0 aliphatic carbocycles. The number of benzene rings is 1. The molecule has 0 saturated carbocycles. The first-order chi connectivity index (χ1) is 7.24. The topological polar surface area (TPSA) is 54.4 Å². The summed E-state index contributed by atoms with van der Waals surface area (Å²) in [5.74, 6) is -1.12. The van der Waals surface area contributed by atoms with E-state index in [1.54, 1.807) is 6.08 Å². The van der Waals surface area contributed by atoms with Crippen LogP contribution in [0.4, 0.5) is 0 Å². The van der Waals surface area contributed by atoms with Crippen LogP contribution in [0.5, 0.6) is 0 Å². The quantitative estimate of drug-likeness (QED) is 0.461. The van der Waals surface area contributed by atoms with Gasteiger partial charge in [0.1, 0.15) is 6.29 Å². The van der Waals surface area contributed by atoms with Crippen LogP contribution in [0, 0.1) is 0 Å². The number of allylic oxidation sites excluding steroid dienone is 1. The number of aldehydes is 1. The minimum absolute atomic E-state index is 0.0335. The molecule has 3 heteroatoms. The second-order valence-electron chi connectivity index (χ2n) is 2.81.